The van der Waals surface area contributed by atoms with E-state index in [2.05, 4.69) is 4.90 Å². The van der Waals surface area contributed by atoms with E-state index in [9.17, 15) is 9.90 Å². The zero-order chi connectivity index (χ0) is 19.7. The molecule has 1 aliphatic rings. The molecule has 2 heterocycles. The van der Waals surface area contributed by atoms with Gasteiger partial charge in [-0.2, -0.15) is 0 Å². The molecule has 0 aliphatic carbocycles. The first kappa shape index (κ1) is 18.0. The van der Waals surface area contributed by atoms with Crippen molar-refractivity contribution in [3.63, 3.8) is 0 Å². The molecule has 1 aromatic heterocycles. The molecule has 1 atom stereocenters. The van der Waals surface area contributed by atoms with Crippen LogP contribution in [-0.4, -0.2) is 40.9 Å². The lowest BCUT2D eigenvalue weighted by Gasteiger charge is -2.20. The van der Waals surface area contributed by atoms with Crippen LogP contribution in [0.2, 0.25) is 0 Å². The maximum Gasteiger partial charge on any atom is 0.404 e. The third-order valence-electron chi connectivity index (χ3n) is 5.02. The fourth-order valence-electron chi connectivity index (χ4n) is 3.61. The molecule has 1 unspecified atom stereocenters. The number of nitrogens with two attached hydrogens (primary N) is 1. The minimum absolute atomic E-state index is 0.148. The number of amides is 1. The number of hydrogen-bond acceptors (Lipinski definition) is 6. The van der Waals surface area contributed by atoms with E-state index in [4.69, 9.17) is 20.4 Å². The summed E-state index contributed by atoms with van der Waals surface area (Å²) < 4.78 is 4.97. The summed E-state index contributed by atoms with van der Waals surface area (Å²) in [7, 11) is 0. The Morgan fingerprint density at radius 2 is 2.11 bits per heavy atom. The number of fused-ring (bicyclic) bond motifs is 1. The molecule has 7 heteroatoms. The van der Waals surface area contributed by atoms with Crippen molar-refractivity contribution in [1.82, 2.24) is 9.97 Å². The Labute approximate surface area is 162 Å². The van der Waals surface area contributed by atoms with Crippen LogP contribution in [0.3, 0.4) is 0 Å². The van der Waals surface area contributed by atoms with E-state index in [-0.39, 0.29) is 11.7 Å². The summed E-state index contributed by atoms with van der Waals surface area (Å²) in [4.78, 5) is 22.6. The summed E-state index contributed by atoms with van der Waals surface area (Å²) in [6.07, 6.45) is 0.138. The average molecular weight is 378 g/mol. The lowest BCUT2D eigenvalue weighted by molar-refractivity contribution is 0.140. The van der Waals surface area contributed by atoms with Crippen LogP contribution in [0, 0.1) is 12.8 Å². The number of benzene rings is 2. The SMILES string of the molecule is Cc1ccc2c(N3CCC(COC(N)=O)C3)nc(-c3ccccc3O)nc2c1. The van der Waals surface area contributed by atoms with Crippen molar-refractivity contribution in [1.29, 1.82) is 0 Å². The van der Waals surface area contributed by atoms with Crippen LogP contribution >= 0.6 is 0 Å². The molecule has 3 N–H and O–H groups in total. The van der Waals surface area contributed by atoms with Gasteiger partial charge in [-0.3, -0.25) is 0 Å². The Bertz CT molecular complexity index is 1040. The number of nitrogens with zero attached hydrogens (tertiary/aromatic N) is 3. The smallest absolute Gasteiger partial charge is 0.404 e. The number of anilines is 1. The molecule has 0 spiro atoms. The minimum atomic E-state index is -0.747. The predicted molar refractivity (Wildman–Crippen MR) is 107 cm³/mol. The van der Waals surface area contributed by atoms with Crippen molar-refractivity contribution in [3.05, 3.63) is 48.0 Å². The molecule has 7 nitrogen and oxygen atoms in total. The number of aromatic hydroxyl groups is 1. The lowest BCUT2D eigenvalue weighted by Crippen LogP contribution is -2.24. The summed E-state index contributed by atoms with van der Waals surface area (Å²) in [5.41, 5.74) is 7.62. The first-order chi connectivity index (χ1) is 13.5. The van der Waals surface area contributed by atoms with Gasteiger partial charge in [0, 0.05) is 24.4 Å². The molecular weight excluding hydrogens is 356 g/mol. The monoisotopic (exact) mass is 378 g/mol. The van der Waals surface area contributed by atoms with Gasteiger partial charge in [-0.05, 0) is 43.2 Å². The van der Waals surface area contributed by atoms with Gasteiger partial charge in [-0.15, -0.1) is 0 Å². The molecule has 28 heavy (non-hydrogen) atoms. The van der Waals surface area contributed by atoms with Gasteiger partial charge in [0.1, 0.15) is 11.6 Å². The average Bonchev–Trinajstić information content (AvgIpc) is 3.14. The van der Waals surface area contributed by atoms with Gasteiger partial charge in [0.25, 0.3) is 0 Å². The van der Waals surface area contributed by atoms with Crippen LogP contribution in [0.4, 0.5) is 10.6 Å². The number of para-hydroxylation sites is 1. The van der Waals surface area contributed by atoms with E-state index in [1.165, 1.54) is 0 Å². The molecule has 1 fully saturated rings. The fraction of sp³-hybridized carbons (Fsp3) is 0.286. The normalized spacial score (nSPS) is 16.5. The summed E-state index contributed by atoms with van der Waals surface area (Å²) >= 11 is 0. The third-order valence-corrected chi connectivity index (χ3v) is 5.02. The molecule has 0 radical (unpaired) electrons. The standard InChI is InChI=1S/C21H22N4O3/c1-13-6-7-15-17(10-13)23-19(16-4-2-3-5-18(16)26)24-20(15)25-9-8-14(11-25)12-28-21(22)27/h2-7,10,14,26H,8-9,11-12H2,1H3,(H2,22,27). The maximum atomic E-state index is 10.9. The largest absolute Gasteiger partial charge is 0.507 e. The van der Waals surface area contributed by atoms with Crippen LogP contribution in [0.15, 0.2) is 42.5 Å². The molecule has 1 saturated heterocycles. The summed E-state index contributed by atoms with van der Waals surface area (Å²) in [5.74, 6) is 1.67. The first-order valence-corrected chi connectivity index (χ1v) is 9.25. The molecule has 0 saturated carbocycles. The van der Waals surface area contributed by atoms with Crippen LogP contribution < -0.4 is 10.6 Å². The van der Waals surface area contributed by atoms with Crippen molar-refractivity contribution in [2.45, 2.75) is 13.3 Å². The van der Waals surface area contributed by atoms with Crippen molar-refractivity contribution in [2.75, 3.05) is 24.6 Å². The molecule has 3 aromatic rings. The molecule has 144 valence electrons. The molecule has 0 bridgehead atoms. The van der Waals surface area contributed by atoms with Crippen molar-refractivity contribution in [3.8, 4) is 17.1 Å². The van der Waals surface area contributed by atoms with E-state index in [0.717, 1.165) is 35.2 Å². The third kappa shape index (κ3) is 3.55. The van der Waals surface area contributed by atoms with Crippen molar-refractivity contribution in [2.24, 2.45) is 11.7 Å². The quantitative estimate of drug-likeness (QED) is 0.723. The van der Waals surface area contributed by atoms with Gasteiger partial charge >= 0.3 is 6.09 Å². The molecular formula is C21H22N4O3. The second-order valence-electron chi connectivity index (χ2n) is 7.14. The van der Waals surface area contributed by atoms with Gasteiger partial charge in [0.15, 0.2) is 5.82 Å². The number of carbonyl (C=O) groups excluding carboxylic acids is 1. The second kappa shape index (κ2) is 7.34. The highest BCUT2D eigenvalue weighted by Gasteiger charge is 2.26. The van der Waals surface area contributed by atoms with Crippen molar-refractivity contribution >= 4 is 22.8 Å². The number of rotatable bonds is 4. The second-order valence-corrected chi connectivity index (χ2v) is 7.14. The highest BCUT2D eigenvalue weighted by Crippen LogP contribution is 2.33. The number of aryl methyl sites for hydroxylation is 1. The summed E-state index contributed by atoms with van der Waals surface area (Å²) in [6, 6.07) is 13.2. The topological polar surface area (TPSA) is 102 Å². The van der Waals surface area contributed by atoms with Gasteiger partial charge in [0.05, 0.1) is 17.7 Å². The fourth-order valence-corrected chi connectivity index (χ4v) is 3.61. The Hall–Kier alpha value is -3.35. The van der Waals surface area contributed by atoms with E-state index in [0.29, 0.717) is 24.5 Å². The molecule has 4 rings (SSSR count). The van der Waals surface area contributed by atoms with Gasteiger partial charge < -0.3 is 20.5 Å². The number of aromatic nitrogens is 2. The van der Waals surface area contributed by atoms with E-state index in [1.54, 1.807) is 12.1 Å². The number of hydrogen-bond donors (Lipinski definition) is 2. The summed E-state index contributed by atoms with van der Waals surface area (Å²) in [6.45, 7) is 3.84. The van der Waals surface area contributed by atoms with Gasteiger partial charge in [-0.1, -0.05) is 18.2 Å². The number of phenols is 1. The van der Waals surface area contributed by atoms with Crippen LogP contribution in [0.1, 0.15) is 12.0 Å². The zero-order valence-corrected chi connectivity index (χ0v) is 15.6. The number of primary amides is 1. The highest BCUT2D eigenvalue weighted by atomic mass is 16.5. The molecule has 2 aromatic carbocycles. The summed E-state index contributed by atoms with van der Waals surface area (Å²) in [5, 5.41) is 11.2. The highest BCUT2D eigenvalue weighted by molar-refractivity contribution is 5.92. The number of ether oxygens (including phenoxy) is 1. The van der Waals surface area contributed by atoms with E-state index < -0.39 is 6.09 Å². The van der Waals surface area contributed by atoms with Crippen molar-refractivity contribution < 1.29 is 14.6 Å². The van der Waals surface area contributed by atoms with Gasteiger partial charge in [0.2, 0.25) is 0 Å². The molecule has 1 aliphatic heterocycles. The van der Waals surface area contributed by atoms with E-state index in [1.807, 2.05) is 37.3 Å². The first-order valence-electron chi connectivity index (χ1n) is 9.25. The Balaban J connectivity index is 1.75. The predicted octanol–water partition coefficient (Wildman–Crippen LogP) is 3.23. The lowest BCUT2D eigenvalue weighted by atomic mass is 10.1. The Kier molecular flexibility index (Phi) is 4.73. The number of phenolic OH excluding ortho intramolecular Hbond substituents is 1. The van der Waals surface area contributed by atoms with E-state index >= 15 is 0 Å². The Morgan fingerprint density at radius 3 is 2.89 bits per heavy atom. The number of carbonyl (C=O) groups is 1. The molecule has 1 amide bonds. The van der Waals surface area contributed by atoms with Crippen LogP contribution in [-0.2, 0) is 4.74 Å². The zero-order valence-electron chi connectivity index (χ0n) is 15.6. The maximum absolute atomic E-state index is 10.9. The Morgan fingerprint density at radius 1 is 1.29 bits per heavy atom. The van der Waals surface area contributed by atoms with Crippen LogP contribution in [0.5, 0.6) is 5.75 Å². The minimum Gasteiger partial charge on any atom is -0.507 e. The van der Waals surface area contributed by atoms with Gasteiger partial charge in [-0.25, -0.2) is 14.8 Å². The van der Waals surface area contributed by atoms with Crippen LogP contribution in [0.25, 0.3) is 22.3 Å².